The number of anilines is 1. The molecule has 3 aromatic rings. The number of aromatic nitrogens is 4. The van der Waals surface area contributed by atoms with Gasteiger partial charge in [0.1, 0.15) is 28.7 Å². The van der Waals surface area contributed by atoms with Gasteiger partial charge in [0.2, 0.25) is 5.91 Å². The maximum Gasteiger partial charge on any atom is 0.236 e. The standard InChI is InChI=1S/C20H20ClN7O/c1-13-18(21)25-20(15-11-23-16-6-2-3-10-28(15)16)26-19(13)24-14-5-4-9-27(12-14)17(29)7-8-22/h2-3,6,10-11,14H,4-5,7,9,12H2,1H3,(H,24,25,26)/t14-/m1/s1. The van der Waals surface area contributed by atoms with Crippen molar-refractivity contribution in [3.8, 4) is 17.6 Å². The highest BCUT2D eigenvalue weighted by Gasteiger charge is 2.25. The molecule has 0 saturated carbocycles. The third-order valence-electron chi connectivity index (χ3n) is 5.08. The fourth-order valence-electron chi connectivity index (χ4n) is 3.54. The van der Waals surface area contributed by atoms with Crippen molar-refractivity contribution < 1.29 is 4.79 Å². The summed E-state index contributed by atoms with van der Waals surface area (Å²) in [6.07, 6.45) is 5.31. The minimum atomic E-state index is -0.136. The lowest BCUT2D eigenvalue weighted by Gasteiger charge is -2.33. The molecule has 0 aliphatic carbocycles. The zero-order chi connectivity index (χ0) is 20.4. The largest absolute Gasteiger partial charge is 0.365 e. The van der Waals surface area contributed by atoms with Crippen LogP contribution in [0.1, 0.15) is 24.8 Å². The van der Waals surface area contributed by atoms with Crippen LogP contribution in [0.3, 0.4) is 0 Å². The minimum Gasteiger partial charge on any atom is -0.365 e. The molecule has 4 rings (SSSR count). The van der Waals surface area contributed by atoms with Crippen LogP contribution in [-0.4, -0.2) is 49.3 Å². The molecule has 1 saturated heterocycles. The molecule has 4 heterocycles. The van der Waals surface area contributed by atoms with E-state index in [0.717, 1.165) is 29.7 Å². The molecule has 1 atom stereocenters. The number of nitrogens with one attached hydrogen (secondary N) is 1. The number of imidazole rings is 1. The first kappa shape index (κ1) is 19.2. The molecule has 0 aromatic carbocycles. The van der Waals surface area contributed by atoms with E-state index in [1.54, 1.807) is 11.1 Å². The van der Waals surface area contributed by atoms with E-state index in [0.29, 0.717) is 29.9 Å². The van der Waals surface area contributed by atoms with Crippen molar-refractivity contribution in [1.82, 2.24) is 24.3 Å². The van der Waals surface area contributed by atoms with E-state index in [1.807, 2.05) is 41.8 Å². The van der Waals surface area contributed by atoms with Gasteiger partial charge in [0.05, 0.1) is 12.3 Å². The predicted octanol–water partition coefficient (Wildman–Crippen LogP) is 3.07. The number of fused-ring (bicyclic) bond motifs is 1. The second-order valence-corrected chi connectivity index (χ2v) is 7.40. The van der Waals surface area contributed by atoms with E-state index in [-0.39, 0.29) is 18.4 Å². The van der Waals surface area contributed by atoms with Crippen LogP contribution in [0.5, 0.6) is 0 Å². The molecule has 0 unspecified atom stereocenters. The number of rotatable bonds is 4. The van der Waals surface area contributed by atoms with E-state index in [4.69, 9.17) is 21.8 Å². The average molecular weight is 410 g/mol. The first-order valence-corrected chi connectivity index (χ1v) is 9.82. The van der Waals surface area contributed by atoms with Gasteiger partial charge in [0, 0.05) is 30.9 Å². The summed E-state index contributed by atoms with van der Waals surface area (Å²) in [4.78, 5) is 27.3. The van der Waals surface area contributed by atoms with Gasteiger partial charge in [0.15, 0.2) is 5.82 Å². The fraction of sp³-hybridized carbons (Fsp3) is 0.350. The van der Waals surface area contributed by atoms with E-state index >= 15 is 0 Å². The lowest BCUT2D eigenvalue weighted by Crippen LogP contribution is -2.45. The van der Waals surface area contributed by atoms with Crippen molar-refractivity contribution in [2.45, 2.75) is 32.2 Å². The highest BCUT2D eigenvalue weighted by Crippen LogP contribution is 2.27. The van der Waals surface area contributed by atoms with Crippen LogP contribution in [0.25, 0.3) is 17.2 Å². The van der Waals surface area contributed by atoms with Gasteiger partial charge in [-0.25, -0.2) is 15.0 Å². The maximum absolute atomic E-state index is 12.1. The molecule has 0 spiro atoms. The number of carbonyl (C=O) groups excluding carboxylic acids is 1. The Morgan fingerprint density at radius 3 is 3.10 bits per heavy atom. The van der Waals surface area contributed by atoms with Gasteiger partial charge in [-0.1, -0.05) is 17.7 Å². The Labute approximate surface area is 173 Å². The number of pyridine rings is 1. The molecule has 1 aliphatic rings. The number of hydrogen-bond donors (Lipinski definition) is 1. The molecule has 8 nitrogen and oxygen atoms in total. The fourth-order valence-corrected chi connectivity index (χ4v) is 3.71. The average Bonchev–Trinajstić information content (AvgIpc) is 3.16. The minimum absolute atomic E-state index is 0.0334. The third-order valence-corrected chi connectivity index (χ3v) is 5.45. The van der Waals surface area contributed by atoms with E-state index < -0.39 is 0 Å². The van der Waals surface area contributed by atoms with Crippen LogP contribution < -0.4 is 5.32 Å². The number of nitrogens with zero attached hydrogens (tertiary/aromatic N) is 6. The summed E-state index contributed by atoms with van der Waals surface area (Å²) in [7, 11) is 0. The van der Waals surface area contributed by atoms with E-state index in [1.165, 1.54) is 0 Å². The zero-order valence-corrected chi connectivity index (χ0v) is 16.7. The van der Waals surface area contributed by atoms with Gasteiger partial charge in [-0.3, -0.25) is 9.20 Å². The molecule has 29 heavy (non-hydrogen) atoms. The van der Waals surface area contributed by atoms with Crippen LogP contribution in [0.15, 0.2) is 30.6 Å². The Kier molecular flexibility index (Phi) is 5.32. The smallest absolute Gasteiger partial charge is 0.236 e. The van der Waals surface area contributed by atoms with Crippen LogP contribution in [0.2, 0.25) is 5.15 Å². The first-order valence-electron chi connectivity index (χ1n) is 9.44. The normalized spacial score (nSPS) is 16.6. The van der Waals surface area contributed by atoms with Crippen LogP contribution in [0, 0.1) is 18.3 Å². The van der Waals surface area contributed by atoms with Gasteiger partial charge in [-0.15, -0.1) is 0 Å². The maximum atomic E-state index is 12.1. The van der Waals surface area contributed by atoms with Gasteiger partial charge in [-0.2, -0.15) is 5.26 Å². The first-order chi connectivity index (χ1) is 14.1. The lowest BCUT2D eigenvalue weighted by atomic mass is 10.1. The Hall–Kier alpha value is -3.18. The molecule has 3 aromatic heterocycles. The van der Waals surface area contributed by atoms with Crippen molar-refractivity contribution >= 4 is 29.0 Å². The van der Waals surface area contributed by atoms with Crippen LogP contribution >= 0.6 is 11.6 Å². The number of likely N-dealkylation sites (tertiary alicyclic amines) is 1. The lowest BCUT2D eigenvalue weighted by molar-refractivity contribution is -0.131. The Bertz CT molecular complexity index is 1100. The molecular weight excluding hydrogens is 390 g/mol. The Morgan fingerprint density at radius 2 is 2.28 bits per heavy atom. The van der Waals surface area contributed by atoms with Crippen molar-refractivity contribution in [1.29, 1.82) is 5.26 Å². The summed E-state index contributed by atoms with van der Waals surface area (Å²) in [5, 5.41) is 12.6. The summed E-state index contributed by atoms with van der Waals surface area (Å²) in [6.45, 7) is 3.08. The zero-order valence-electron chi connectivity index (χ0n) is 16.0. The molecule has 1 N–H and O–H groups in total. The van der Waals surface area contributed by atoms with Crippen molar-refractivity contribution in [3.63, 3.8) is 0 Å². The number of halogens is 1. The molecule has 1 fully saturated rings. The number of piperidine rings is 1. The number of hydrogen-bond acceptors (Lipinski definition) is 6. The summed E-state index contributed by atoms with van der Waals surface area (Å²) in [5.74, 6) is 0.989. The molecular formula is C20H20ClN7O. The highest BCUT2D eigenvalue weighted by molar-refractivity contribution is 6.30. The van der Waals surface area contributed by atoms with Gasteiger partial charge >= 0.3 is 0 Å². The van der Waals surface area contributed by atoms with E-state index in [2.05, 4.69) is 15.3 Å². The summed E-state index contributed by atoms with van der Waals surface area (Å²) in [6, 6.07) is 7.71. The van der Waals surface area contributed by atoms with Crippen molar-refractivity contribution in [2.24, 2.45) is 0 Å². The molecule has 0 bridgehead atoms. The number of amides is 1. The summed E-state index contributed by atoms with van der Waals surface area (Å²) < 4.78 is 1.91. The van der Waals surface area contributed by atoms with Gasteiger partial charge in [-0.05, 0) is 31.9 Å². The monoisotopic (exact) mass is 409 g/mol. The number of nitriles is 1. The molecule has 148 valence electrons. The van der Waals surface area contributed by atoms with Crippen LogP contribution in [-0.2, 0) is 4.79 Å². The topological polar surface area (TPSA) is 99.2 Å². The predicted molar refractivity (Wildman–Crippen MR) is 109 cm³/mol. The Balaban J connectivity index is 1.61. The molecule has 0 radical (unpaired) electrons. The second-order valence-electron chi connectivity index (χ2n) is 7.04. The van der Waals surface area contributed by atoms with E-state index in [9.17, 15) is 4.79 Å². The Morgan fingerprint density at radius 1 is 1.41 bits per heavy atom. The van der Waals surface area contributed by atoms with Gasteiger partial charge in [0.25, 0.3) is 0 Å². The summed E-state index contributed by atoms with van der Waals surface area (Å²) >= 11 is 6.40. The van der Waals surface area contributed by atoms with Crippen molar-refractivity contribution in [3.05, 3.63) is 41.3 Å². The number of carbonyl (C=O) groups is 1. The van der Waals surface area contributed by atoms with Gasteiger partial charge < -0.3 is 10.2 Å². The molecule has 1 aliphatic heterocycles. The highest BCUT2D eigenvalue weighted by atomic mass is 35.5. The summed E-state index contributed by atoms with van der Waals surface area (Å²) in [5.41, 5.74) is 2.31. The third kappa shape index (κ3) is 3.87. The SMILES string of the molecule is Cc1c(Cl)nc(-c2cnc3ccccn23)nc1N[C@@H]1CCCN(C(=O)CC#N)C1. The molecule has 9 heteroatoms. The quantitative estimate of drug-likeness (QED) is 0.665. The molecule has 1 amide bonds. The van der Waals surface area contributed by atoms with Crippen molar-refractivity contribution in [2.75, 3.05) is 18.4 Å². The second kappa shape index (κ2) is 8.05. The van der Waals surface area contributed by atoms with Crippen LogP contribution in [0.4, 0.5) is 5.82 Å².